The van der Waals surface area contributed by atoms with Crippen molar-refractivity contribution in [2.24, 2.45) is 5.92 Å². The molecule has 19 heavy (non-hydrogen) atoms. The molecule has 1 aliphatic carbocycles. The highest BCUT2D eigenvalue weighted by Gasteiger charge is 2.23. The maximum Gasteiger partial charge on any atom is 0.175 e. The Kier molecular flexibility index (Phi) is 3.99. The van der Waals surface area contributed by atoms with E-state index in [0.717, 1.165) is 28.4 Å². The maximum absolute atomic E-state index is 5.66. The van der Waals surface area contributed by atoms with Crippen molar-refractivity contribution in [2.45, 2.75) is 38.8 Å². The van der Waals surface area contributed by atoms with Crippen LogP contribution in [0.3, 0.4) is 0 Å². The average Bonchev–Trinajstić information content (AvgIpc) is 2.82. The summed E-state index contributed by atoms with van der Waals surface area (Å²) in [5.74, 6) is 2.49. The molecule has 2 atom stereocenters. The fraction of sp³-hybridized carbons (Fsp3) is 0.600. The zero-order chi connectivity index (χ0) is 13.2. The molecule has 3 rings (SSSR count). The SMILES string of the molecule is CC1CCCC1NCc1cc(Br)c2c(c1)OCCO2. The predicted octanol–water partition coefficient (Wildman–Crippen LogP) is 3.50. The van der Waals surface area contributed by atoms with Gasteiger partial charge < -0.3 is 14.8 Å². The van der Waals surface area contributed by atoms with Gasteiger partial charge in [-0.2, -0.15) is 0 Å². The third-order valence-electron chi connectivity index (χ3n) is 4.09. The van der Waals surface area contributed by atoms with Crippen molar-refractivity contribution in [1.29, 1.82) is 0 Å². The van der Waals surface area contributed by atoms with Gasteiger partial charge in [0.1, 0.15) is 13.2 Å². The molecule has 2 aliphatic rings. The van der Waals surface area contributed by atoms with Gasteiger partial charge >= 0.3 is 0 Å². The number of fused-ring (bicyclic) bond motifs is 1. The zero-order valence-corrected chi connectivity index (χ0v) is 12.8. The summed E-state index contributed by atoms with van der Waals surface area (Å²) in [5, 5.41) is 3.66. The summed E-state index contributed by atoms with van der Waals surface area (Å²) >= 11 is 3.57. The Hall–Kier alpha value is -0.740. The molecule has 1 saturated carbocycles. The van der Waals surface area contributed by atoms with Gasteiger partial charge in [-0.3, -0.25) is 0 Å². The van der Waals surface area contributed by atoms with Crippen LogP contribution in [0.15, 0.2) is 16.6 Å². The molecule has 0 aromatic heterocycles. The summed E-state index contributed by atoms with van der Waals surface area (Å²) in [7, 11) is 0. The van der Waals surface area contributed by atoms with Gasteiger partial charge in [0.05, 0.1) is 4.47 Å². The van der Waals surface area contributed by atoms with Crippen LogP contribution >= 0.6 is 15.9 Å². The van der Waals surface area contributed by atoms with Crippen molar-refractivity contribution in [3.05, 3.63) is 22.2 Å². The van der Waals surface area contributed by atoms with Crippen LogP contribution in [0.5, 0.6) is 11.5 Å². The standard InChI is InChI=1S/C15H20BrNO2/c1-10-3-2-4-13(10)17-9-11-7-12(16)15-14(8-11)18-5-6-19-15/h7-8,10,13,17H,2-6,9H2,1H3. The van der Waals surface area contributed by atoms with E-state index in [4.69, 9.17) is 9.47 Å². The number of hydrogen-bond acceptors (Lipinski definition) is 3. The normalized spacial score (nSPS) is 25.6. The van der Waals surface area contributed by atoms with E-state index in [2.05, 4.69) is 40.3 Å². The molecule has 104 valence electrons. The van der Waals surface area contributed by atoms with Gasteiger partial charge in [-0.25, -0.2) is 0 Å². The predicted molar refractivity (Wildman–Crippen MR) is 78.8 cm³/mol. The second-order valence-electron chi connectivity index (χ2n) is 5.50. The summed E-state index contributed by atoms with van der Waals surface area (Å²) in [5.41, 5.74) is 1.25. The van der Waals surface area contributed by atoms with E-state index < -0.39 is 0 Å². The quantitative estimate of drug-likeness (QED) is 0.922. The molecule has 0 spiro atoms. The lowest BCUT2D eigenvalue weighted by Gasteiger charge is -2.22. The number of benzene rings is 1. The van der Waals surface area contributed by atoms with Crippen LogP contribution in [0, 0.1) is 5.92 Å². The molecule has 0 radical (unpaired) electrons. The van der Waals surface area contributed by atoms with E-state index in [0.29, 0.717) is 19.3 Å². The lowest BCUT2D eigenvalue weighted by Crippen LogP contribution is -2.30. The van der Waals surface area contributed by atoms with Gasteiger partial charge in [0.25, 0.3) is 0 Å². The summed E-state index contributed by atoms with van der Waals surface area (Å²) in [6.07, 6.45) is 4.00. The molecule has 0 amide bonds. The smallest absolute Gasteiger partial charge is 0.175 e. The Morgan fingerprint density at radius 2 is 2.11 bits per heavy atom. The topological polar surface area (TPSA) is 30.5 Å². The van der Waals surface area contributed by atoms with Crippen molar-refractivity contribution in [1.82, 2.24) is 5.32 Å². The zero-order valence-electron chi connectivity index (χ0n) is 11.2. The van der Waals surface area contributed by atoms with Crippen LogP contribution in [-0.4, -0.2) is 19.3 Å². The van der Waals surface area contributed by atoms with E-state index in [1.165, 1.54) is 24.8 Å². The lowest BCUT2D eigenvalue weighted by molar-refractivity contribution is 0.170. The Balaban J connectivity index is 1.69. The molecule has 1 fully saturated rings. The first-order chi connectivity index (χ1) is 9.24. The fourth-order valence-corrected chi connectivity index (χ4v) is 3.57. The number of halogens is 1. The molecule has 0 bridgehead atoms. The first-order valence-corrected chi connectivity index (χ1v) is 7.85. The van der Waals surface area contributed by atoms with Gasteiger partial charge in [0.15, 0.2) is 11.5 Å². The minimum atomic E-state index is 0.628. The molecule has 2 unspecified atom stereocenters. The monoisotopic (exact) mass is 325 g/mol. The highest BCUT2D eigenvalue weighted by atomic mass is 79.9. The van der Waals surface area contributed by atoms with E-state index in [1.54, 1.807) is 0 Å². The molecule has 4 heteroatoms. The van der Waals surface area contributed by atoms with E-state index in [1.807, 2.05) is 0 Å². The molecule has 1 N–H and O–H groups in total. The number of nitrogens with one attached hydrogen (secondary N) is 1. The Morgan fingerprint density at radius 3 is 2.89 bits per heavy atom. The van der Waals surface area contributed by atoms with Crippen molar-refractivity contribution < 1.29 is 9.47 Å². The number of hydrogen-bond donors (Lipinski definition) is 1. The third kappa shape index (κ3) is 2.90. The largest absolute Gasteiger partial charge is 0.486 e. The van der Waals surface area contributed by atoms with Gasteiger partial charge in [-0.05, 0) is 52.4 Å². The lowest BCUT2D eigenvalue weighted by atomic mass is 10.1. The molecule has 1 aromatic rings. The van der Waals surface area contributed by atoms with E-state index in [9.17, 15) is 0 Å². The first kappa shape index (κ1) is 13.3. The minimum absolute atomic E-state index is 0.628. The third-order valence-corrected chi connectivity index (χ3v) is 4.68. The Labute approximate surface area is 122 Å². The highest BCUT2D eigenvalue weighted by Crippen LogP contribution is 2.38. The summed E-state index contributed by atoms with van der Waals surface area (Å²) in [4.78, 5) is 0. The Morgan fingerprint density at radius 1 is 1.26 bits per heavy atom. The minimum Gasteiger partial charge on any atom is -0.486 e. The molecule has 1 aliphatic heterocycles. The van der Waals surface area contributed by atoms with E-state index >= 15 is 0 Å². The average molecular weight is 326 g/mol. The maximum atomic E-state index is 5.66. The van der Waals surface area contributed by atoms with Crippen LogP contribution in [0.25, 0.3) is 0 Å². The summed E-state index contributed by atoms with van der Waals surface area (Å²) in [6.45, 7) is 4.49. The Bertz CT molecular complexity index is 464. The first-order valence-electron chi connectivity index (χ1n) is 7.05. The molecular formula is C15H20BrNO2. The number of rotatable bonds is 3. The molecule has 1 heterocycles. The fourth-order valence-electron chi connectivity index (χ4n) is 2.96. The molecule has 1 aromatic carbocycles. The second kappa shape index (κ2) is 5.71. The summed E-state index contributed by atoms with van der Waals surface area (Å²) < 4.78 is 12.3. The van der Waals surface area contributed by atoms with Gasteiger partial charge in [-0.1, -0.05) is 13.3 Å². The van der Waals surface area contributed by atoms with Crippen molar-refractivity contribution in [2.75, 3.05) is 13.2 Å². The van der Waals surface area contributed by atoms with E-state index in [-0.39, 0.29) is 0 Å². The van der Waals surface area contributed by atoms with Gasteiger partial charge in [0.2, 0.25) is 0 Å². The van der Waals surface area contributed by atoms with Crippen LogP contribution in [0.1, 0.15) is 31.7 Å². The van der Waals surface area contributed by atoms with Crippen molar-refractivity contribution in [3.63, 3.8) is 0 Å². The molecule has 3 nitrogen and oxygen atoms in total. The van der Waals surface area contributed by atoms with Crippen LogP contribution in [-0.2, 0) is 6.54 Å². The van der Waals surface area contributed by atoms with Gasteiger partial charge in [-0.15, -0.1) is 0 Å². The number of ether oxygens (including phenoxy) is 2. The van der Waals surface area contributed by atoms with Gasteiger partial charge in [0, 0.05) is 12.6 Å². The van der Waals surface area contributed by atoms with Crippen LogP contribution in [0.2, 0.25) is 0 Å². The molecule has 0 saturated heterocycles. The van der Waals surface area contributed by atoms with Crippen LogP contribution in [0.4, 0.5) is 0 Å². The van der Waals surface area contributed by atoms with Crippen molar-refractivity contribution >= 4 is 15.9 Å². The van der Waals surface area contributed by atoms with Crippen LogP contribution < -0.4 is 14.8 Å². The summed E-state index contributed by atoms with van der Waals surface area (Å²) in [6, 6.07) is 4.87. The second-order valence-corrected chi connectivity index (χ2v) is 6.35. The molecular weight excluding hydrogens is 306 g/mol. The van der Waals surface area contributed by atoms with Crippen molar-refractivity contribution in [3.8, 4) is 11.5 Å². The highest BCUT2D eigenvalue weighted by molar-refractivity contribution is 9.10.